The highest BCUT2D eigenvalue weighted by Gasteiger charge is 2.48. The molecule has 0 saturated carbocycles. The Morgan fingerprint density at radius 3 is 1.91 bits per heavy atom. The van der Waals surface area contributed by atoms with Crippen LogP contribution in [0.3, 0.4) is 0 Å². The van der Waals surface area contributed by atoms with Crippen LogP contribution in [0.2, 0.25) is 6.04 Å². The highest BCUT2D eigenvalue weighted by Crippen LogP contribution is 2.28. The van der Waals surface area contributed by atoms with E-state index in [4.69, 9.17) is 18.0 Å². The number of hydrogen-bond acceptors (Lipinski definition) is 5. The maximum absolute atomic E-state index is 11.8. The number of esters is 1. The van der Waals surface area contributed by atoms with Crippen molar-refractivity contribution in [1.29, 1.82) is 0 Å². The van der Waals surface area contributed by atoms with Crippen LogP contribution in [-0.4, -0.2) is 32.8 Å². The highest BCUT2D eigenvalue weighted by molar-refractivity contribution is 6.60. The van der Waals surface area contributed by atoms with Gasteiger partial charge in [-0.2, -0.15) is 0 Å². The SMILES string of the molecule is C=C(C)C(=O)OC(C)(C)O[Si](CCC)(OC(C)C)OC(C)C. The van der Waals surface area contributed by atoms with Crippen LogP contribution in [0.5, 0.6) is 0 Å². The first-order valence-corrected chi connectivity index (χ1v) is 9.81. The fourth-order valence-electron chi connectivity index (χ4n) is 1.97. The molecule has 6 heteroatoms. The molecule has 0 unspecified atom stereocenters. The van der Waals surface area contributed by atoms with Crippen LogP contribution in [0.4, 0.5) is 0 Å². The molecular weight excluding hydrogens is 300 g/mol. The van der Waals surface area contributed by atoms with Gasteiger partial charge in [0.15, 0.2) is 0 Å². The number of carbonyl (C=O) groups excluding carboxylic acids is 1. The van der Waals surface area contributed by atoms with Crippen LogP contribution in [0, 0.1) is 0 Å². The summed E-state index contributed by atoms with van der Waals surface area (Å²) in [6, 6.07) is 0.664. The van der Waals surface area contributed by atoms with E-state index < -0.39 is 20.6 Å². The number of hydrogen-bond donors (Lipinski definition) is 0. The predicted octanol–water partition coefficient (Wildman–Crippen LogP) is 4.06. The molecule has 130 valence electrons. The van der Waals surface area contributed by atoms with Crippen molar-refractivity contribution < 1.29 is 22.8 Å². The summed E-state index contributed by atoms with van der Waals surface area (Å²) in [6.45, 7) is 18.4. The zero-order chi connectivity index (χ0) is 17.6. The summed E-state index contributed by atoms with van der Waals surface area (Å²) in [4.78, 5) is 11.8. The summed E-state index contributed by atoms with van der Waals surface area (Å²) in [5.74, 6) is -1.63. The van der Waals surface area contributed by atoms with Gasteiger partial charge in [-0.25, -0.2) is 4.79 Å². The predicted molar refractivity (Wildman–Crippen MR) is 89.4 cm³/mol. The second-order valence-corrected chi connectivity index (χ2v) is 8.98. The van der Waals surface area contributed by atoms with Gasteiger partial charge in [0, 0.05) is 37.7 Å². The minimum Gasteiger partial charge on any atom is -0.431 e. The van der Waals surface area contributed by atoms with Gasteiger partial charge < -0.3 is 18.0 Å². The molecule has 0 bridgehead atoms. The molecule has 0 aromatic heterocycles. The molecule has 0 aliphatic heterocycles. The van der Waals surface area contributed by atoms with Crippen molar-refractivity contribution in [2.45, 2.75) is 85.8 Å². The lowest BCUT2D eigenvalue weighted by molar-refractivity contribution is -0.197. The van der Waals surface area contributed by atoms with Gasteiger partial charge in [0.1, 0.15) is 0 Å². The van der Waals surface area contributed by atoms with Crippen LogP contribution >= 0.6 is 0 Å². The Kier molecular flexibility index (Phi) is 8.54. The number of rotatable bonds is 10. The van der Waals surface area contributed by atoms with Crippen LogP contribution in [0.25, 0.3) is 0 Å². The summed E-state index contributed by atoms with van der Waals surface area (Å²) >= 11 is 0. The van der Waals surface area contributed by atoms with Gasteiger partial charge in [0.05, 0.1) is 0 Å². The van der Waals surface area contributed by atoms with E-state index in [9.17, 15) is 4.79 Å². The quantitative estimate of drug-likeness (QED) is 0.261. The van der Waals surface area contributed by atoms with Crippen molar-refractivity contribution in [2.24, 2.45) is 0 Å². The Hall–Kier alpha value is -0.693. The fourth-order valence-corrected chi connectivity index (χ4v) is 5.30. The lowest BCUT2D eigenvalue weighted by Crippen LogP contribution is -2.54. The van der Waals surface area contributed by atoms with Crippen molar-refractivity contribution >= 4 is 14.8 Å². The standard InChI is InChI=1S/C16H32O5Si/c1-10-11-22(19-13(4)5,20-14(6)7)21-16(8,9)18-15(17)12(2)3/h13-14H,2,10-11H2,1,3-9H3. The van der Waals surface area contributed by atoms with Crippen molar-refractivity contribution in [2.75, 3.05) is 0 Å². The van der Waals surface area contributed by atoms with Crippen LogP contribution in [-0.2, 0) is 22.8 Å². The average Bonchev–Trinajstić information content (AvgIpc) is 2.24. The Bertz CT molecular complexity index is 367. The topological polar surface area (TPSA) is 54.0 Å². The molecule has 5 nitrogen and oxygen atoms in total. The summed E-state index contributed by atoms with van der Waals surface area (Å²) < 4.78 is 23.6. The Balaban J connectivity index is 5.29. The van der Waals surface area contributed by atoms with E-state index in [2.05, 4.69) is 6.58 Å². The molecule has 0 aliphatic rings. The first kappa shape index (κ1) is 21.3. The van der Waals surface area contributed by atoms with Gasteiger partial charge >= 0.3 is 14.8 Å². The first-order valence-electron chi connectivity index (χ1n) is 7.87. The van der Waals surface area contributed by atoms with Crippen molar-refractivity contribution in [1.82, 2.24) is 0 Å². The van der Waals surface area contributed by atoms with E-state index in [0.29, 0.717) is 11.6 Å². The largest absolute Gasteiger partial charge is 0.504 e. The van der Waals surface area contributed by atoms with Gasteiger partial charge in [0.2, 0.25) is 5.79 Å². The molecule has 0 aromatic carbocycles. The molecule has 0 radical (unpaired) electrons. The molecule has 22 heavy (non-hydrogen) atoms. The van der Waals surface area contributed by atoms with E-state index in [1.165, 1.54) is 0 Å². The van der Waals surface area contributed by atoms with Crippen LogP contribution < -0.4 is 0 Å². The lowest BCUT2D eigenvalue weighted by atomic mass is 10.3. The van der Waals surface area contributed by atoms with Gasteiger partial charge in [0.25, 0.3) is 0 Å². The van der Waals surface area contributed by atoms with E-state index in [1.807, 2.05) is 34.6 Å². The summed E-state index contributed by atoms with van der Waals surface area (Å²) in [5, 5.41) is 0. The highest BCUT2D eigenvalue weighted by atomic mass is 28.4. The molecule has 0 aliphatic carbocycles. The van der Waals surface area contributed by atoms with Crippen LogP contribution in [0.15, 0.2) is 12.2 Å². The van der Waals surface area contributed by atoms with Gasteiger partial charge in [-0.3, -0.25) is 0 Å². The summed E-state index contributed by atoms with van der Waals surface area (Å²) in [7, 11) is -2.97. The molecule has 0 amide bonds. The maximum atomic E-state index is 11.8. The van der Waals surface area contributed by atoms with Gasteiger partial charge in [-0.05, 0) is 34.6 Å². The zero-order valence-electron chi connectivity index (χ0n) is 15.3. The molecule has 0 atom stereocenters. The normalized spacial score (nSPS) is 12.8. The average molecular weight is 333 g/mol. The van der Waals surface area contributed by atoms with E-state index in [-0.39, 0.29) is 12.2 Å². The minimum atomic E-state index is -2.97. The van der Waals surface area contributed by atoms with E-state index >= 15 is 0 Å². The summed E-state index contributed by atoms with van der Waals surface area (Å²) in [5.41, 5.74) is 0.328. The Morgan fingerprint density at radius 1 is 1.14 bits per heavy atom. The van der Waals surface area contributed by atoms with Crippen molar-refractivity contribution in [3.63, 3.8) is 0 Å². The maximum Gasteiger partial charge on any atom is 0.504 e. The minimum absolute atomic E-state index is 0.0374. The molecule has 0 spiro atoms. The fraction of sp³-hybridized carbons (Fsp3) is 0.812. The molecule has 0 saturated heterocycles. The lowest BCUT2D eigenvalue weighted by Gasteiger charge is -2.38. The Labute approximate surface area is 136 Å². The van der Waals surface area contributed by atoms with Crippen molar-refractivity contribution in [3.8, 4) is 0 Å². The monoisotopic (exact) mass is 332 g/mol. The number of ether oxygens (including phenoxy) is 1. The Morgan fingerprint density at radius 2 is 1.59 bits per heavy atom. The first-order chi connectivity index (χ1) is 9.93. The molecule has 0 fully saturated rings. The third-order valence-electron chi connectivity index (χ3n) is 2.47. The smallest absolute Gasteiger partial charge is 0.431 e. The molecular formula is C16H32O5Si. The second-order valence-electron chi connectivity index (χ2n) is 6.44. The number of carbonyl (C=O) groups is 1. The van der Waals surface area contributed by atoms with Gasteiger partial charge in [-0.15, -0.1) is 0 Å². The molecule has 0 aromatic rings. The van der Waals surface area contributed by atoms with E-state index in [0.717, 1.165) is 6.42 Å². The molecule has 0 rings (SSSR count). The zero-order valence-corrected chi connectivity index (χ0v) is 16.3. The third kappa shape index (κ3) is 8.08. The second kappa shape index (κ2) is 8.81. The van der Waals surface area contributed by atoms with Crippen molar-refractivity contribution in [3.05, 3.63) is 12.2 Å². The van der Waals surface area contributed by atoms with E-state index in [1.54, 1.807) is 20.8 Å². The summed E-state index contributed by atoms with van der Waals surface area (Å²) in [6.07, 6.45) is 0.783. The van der Waals surface area contributed by atoms with Crippen LogP contribution in [0.1, 0.15) is 61.8 Å². The van der Waals surface area contributed by atoms with Gasteiger partial charge in [-0.1, -0.05) is 19.9 Å². The molecule has 0 N–H and O–H groups in total. The molecule has 0 heterocycles. The third-order valence-corrected chi connectivity index (χ3v) is 6.05.